The summed E-state index contributed by atoms with van der Waals surface area (Å²) in [5, 5.41) is 0.960. The summed E-state index contributed by atoms with van der Waals surface area (Å²) in [4.78, 5) is 11.9. The summed E-state index contributed by atoms with van der Waals surface area (Å²) < 4.78 is 5.77. The van der Waals surface area contributed by atoms with Gasteiger partial charge in [0.2, 0.25) is 0 Å². The molecule has 1 aliphatic carbocycles. The lowest BCUT2D eigenvalue weighted by Gasteiger charge is -2.07. The van der Waals surface area contributed by atoms with E-state index in [1.165, 1.54) is 0 Å². The second kappa shape index (κ2) is 3.74. The molecule has 1 heterocycles. The maximum absolute atomic E-state index is 11.9. The minimum Gasteiger partial charge on any atom is -0.456 e. The topological polar surface area (TPSA) is 30.2 Å². The van der Waals surface area contributed by atoms with Crippen LogP contribution in [0.15, 0.2) is 51.7 Å². The fourth-order valence-electron chi connectivity index (χ4n) is 2.05. The van der Waals surface area contributed by atoms with Crippen molar-refractivity contribution in [2.75, 3.05) is 0 Å². The zero-order chi connectivity index (χ0) is 11.8. The summed E-state index contributed by atoms with van der Waals surface area (Å²) in [5.74, 6) is 0.674. The van der Waals surface area contributed by atoms with Crippen LogP contribution >= 0.6 is 0 Å². The quantitative estimate of drug-likeness (QED) is 0.592. The van der Waals surface area contributed by atoms with E-state index in [2.05, 4.69) is 0 Å². The van der Waals surface area contributed by atoms with Crippen LogP contribution in [0.4, 0.5) is 0 Å². The molecule has 0 spiro atoms. The molecule has 0 bridgehead atoms. The molecule has 84 valence electrons. The molecule has 1 aromatic carbocycles. The molecule has 3 rings (SSSR count). The van der Waals surface area contributed by atoms with Crippen molar-refractivity contribution in [2.45, 2.75) is 13.3 Å². The first-order chi connectivity index (χ1) is 8.28. The number of aryl methyl sites for hydroxylation is 1. The summed E-state index contributed by atoms with van der Waals surface area (Å²) in [6.07, 6.45) is 0.841. The van der Waals surface area contributed by atoms with Crippen LogP contribution in [0.2, 0.25) is 0 Å². The van der Waals surface area contributed by atoms with E-state index in [-0.39, 0.29) is 5.43 Å². The van der Waals surface area contributed by atoms with Crippen LogP contribution in [0.1, 0.15) is 12.5 Å². The van der Waals surface area contributed by atoms with Crippen molar-refractivity contribution in [1.29, 1.82) is 0 Å². The van der Waals surface area contributed by atoms with Gasteiger partial charge in [-0.3, -0.25) is 4.79 Å². The number of para-hydroxylation sites is 1. The highest BCUT2D eigenvalue weighted by molar-refractivity contribution is 5.82. The van der Waals surface area contributed by atoms with Crippen LogP contribution in [0.5, 0.6) is 0 Å². The third kappa shape index (κ3) is 1.62. The molecule has 0 amide bonds. The molecule has 17 heavy (non-hydrogen) atoms. The van der Waals surface area contributed by atoms with Gasteiger partial charge in [0.15, 0.2) is 5.43 Å². The maximum Gasteiger partial charge on any atom is 0.189 e. The molecule has 0 fully saturated rings. The van der Waals surface area contributed by atoms with Gasteiger partial charge >= 0.3 is 0 Å². The standard InChI is InChI=1S/C15H12O2/c1-2-10-7-13(16)12-9-11-5-3-4-6-14(11)17-15(12)8-10/h3-9H,2H2,1H3. The number of benzene rings is 2. The fraction of sp³-hybridized carbons (Fsp3) is 0.133. The Morgan fingerprint density at radius 2 is 1.94 bits per heavy atom. The predicted octanol–water partition coefficient (Wildman–Crippen LogP) is 3.46. The van der Waals surface area contributed by atoms with E-state index in [0.29, 0.717) is 11.3 Å². The van der Waals surface area contributed by atoms with Crippen molar-refractivity contribution in [2.24, 2.45) is 0 Å². The zero-order valence-corrected chi connectivity index (χ0v) is 9.57. The van der Waals surface area contributed by atoms with Gasteiger partial charge in [-0.25, -0.2) is 0 Å². The summed E-state index contributed by atoms with van der Waals surface area (Å²) in [6, 6.07) is 13.3. The molecule has 0 N–H and O–H groups in total. The SMILES string of the molecule is CCc1cc2oc3ccccc3cc-2c(=O)c1. The summed E-state index contributed by atoms with van der Waals surface area (Å²) in [6.45, 7) is 2.03. The first kappa shape index (κ1) is 10.1. The van der Waals surface area contributed by atoms with Gasteiger partial charge in [0.25, 0.3) is 0 Å². The highest BCUT2D eigenvalue weighted by atomic mass is 16.3. The lowest BCUT2D eigenvalue weighted by atomic mass is 10.0. The first-order valence-corrected chi connectivity index (χ1v) is 5.73. The average molecular weight is 224 g/mol. The highest BCUT2D eigenvalue weighted by Gasteiger charge is 2.11. The van der Waals surface area contributed by atoms with Crippen molar-refractivity contribution in [3.8, 4) is 11.3 Å². The largest absolute Gasteiger partial charge is 0.456 e. The lowest BCUT2D eigenvalue weighted by Crippen LogP contribution is -2.06. The molecule has 2 aliphatic rings. The third-order valence-corrected chi connectivity index (χ3v) is 3.01. The zero-order valence-electron chi connectivity index (χ0n) is 9.57. The molecule has 2 heteroatoms. The molecule has 0 saturated heterocycles. The minimum atomic E-state index is 0.0360. The van der Waals surface area contributed by atoms with E-state index < -0.39 is 0 Å². The van der Waals surface area contributed by atoms with Crippen LogP contribution in [0, 0.1) is 0 Å². The van der Waals surface area contributed by atoms with Gasteiger partial charge in [0.05, 0.1) is 5.56 Å². The van der Waals surface area contributed by atoms with Crippen LogP contribution in [-0.2, 0) is 6.42 Å². The Bertz CT molecular complexity index is 710. The van der Waals surface area contributed by atoms with Gasteiger partial charge in [0, 0.05) is 5.39 Å². The maximum atomic E-state index is 11.9. The Morgan fingerprint density at radius 3 is 2.76 bits per heavy atom. The lowest BCUT2D eigenvalue weighted by molar-refractivity contribution is 0.617. The molecule has 0 unspecified atom stereocenters. The van der Waals surface area contributed by atoms with Gasteiger partial charge in [-0.05, 0) is 36.2 Å². The normalized spacial score (nSPS) is 11.1. The number of hydrogen-bond donors (Lipinski definition) is 0. The number of hydrogen-bond acceptors (Lipinski definition) is 2. The number of fused-ring (bicyclic) bond motifs is 2. The van der Waals surface area contributed by atoms with Gasteiger partial charge in [0.1, 0.15) is 11.3 Å². The molecule has 1 aliphatic heterocycles. The molecular formula is C15H12O2. The minimum absolute atomic E-state index is 0.0360. The van der Waals surface area contributed by atoms with E-state index in [1.807, 2.05) is 43.3 Å². The summed E-state index contributed by atoms with van der Waals surface area (Å²) in [7, 11) is 0. The van der Waals surface area contributed by atoms with Crippen LogP contribution in [0.3, 0.4) is 0 Å². The van der Waals surface area contributed by atoms with Gasteiger partial charge in [-0.2, -0.15) is 0 Å². The van der Waals surface area contributed by atoms with E-state index in [0.717, 1.165) is 23.0 Å². The second-order valence-electron chi connectivity index (χ2n) is 4.14. The van der Waals surface area contributed by atoms with Crippen LogP contribution in [0.25, 0.3) is 22.3 Å². The monoisotopic (exact) mass is 224 g/mol. The Morgan fingerprint density at radius 1 is 1.12 bits per heavy atom. The van der Waals surface area contributed by atoms with Gasteiger partial charge < -0.3 is 4.42 Å². The van der Waals surface area contributed by atoms with Crippen molar-refractivity contribution >= 4 is 11.0 Å². The molecule has 2 nitrogen and oxygen atoms in total. The number of rotatable bonds is 1. The van der Waals surface area contributed by atoms with Crippen molar-refractivity contribution < 1.29 is 4.42 Å². The van der Waals surface area contributed by atoms with Crippen molar-refractivity contribution in [3.05, 3.63) is 58.3 Å². The molecular weight excluding hydrogens is 212 g/mol. The summed E-state index contributed by atoms with van der Waals surface area (Å²) in [5.41, 5.74) is 2.52. The first-order valence-electron chi connectivity index (χ1n) is 5.73. The highest BCUT2D eigenvalue weighted by Crippen LogP contribution is 2.26. The van der Waals surface area contributed by atoms with E-state index in [4.69, 9.17) is 4.42 Å². The molecule has 0 saturated carbocycles. The van der Waals surface area contributed by atoms with Gasteiger partial charge in [-0.15, -0.1) is 0 Å². The second-order valence-corrected chi connectivity index (χ2v) is 4.14. The van der Waals surface area contributed by atoms with E-state index in [1.54, 1.807) is 6.07 Å². The fourth-order valence-corrected chi connectivity index (χ4v) is 2.05. The predicted molar refractivity (Wildman–Crippen MR) is 68.5 cm³/mol. The van der Waals surface area contributed by atoms with Crippen LogP contribution < -0.4 is 5.43 Å². The van der Waals surface area contributed by atoms with Crippen molar-refractivity contribution in [3.63, 3.8) is 0 Å². The van der Waals surface area contributed by atoms with E-state index >= 15 is 0 Å². The molecule has 0 radical (unpaired) electrons. The van der Waals surface area contributed by atoms with Gasteiger partial charge in [-0.1, -0.05) is 25.1 Å². The summed E-state index contributed by atoms with van der Waals surface area (Å²) >= 11 is 0. The Labute approximate surface area is 98.8 Å². The Hall–Kier alpha value is -2.09. The average Bonchev–Trinajstić information content (AvgIpc) is 2.36. The molecule has 1 aromatic rings. The smallest absolute Gasteiger partial charge is 0.189 e. The Kier molecular flexibility index (Phi) is 2.22. The molecule has 0 atom stereocenters. The third-order valence-electron chi connectivity index (χ3n) is 3.01. The molecule has 0 aromatic heterocycles. The van der Waals surface area contributed by atoms with Crippen molar-refractivity contribution in [1.82, 2.24) is 0 Å². The van der Waals surface area contributed by atoms with E-state index in [9.17, 15) is 4.79 Å². The Balaban J connectivity index is 2.44. The van der Waals surface area contributed by atoms with Crippen LogP contribution in [-0.4, -0.2) is 0 Å².